The van der Waals surface area contributed by atoms with Gasteiger partial charge in [0, 0.05) is 0 Å². The van der Waals surface area contributed by atoms with E-state index in [0.717, 1.165) is 0 Å². The molecule has 0 aliphatic heterocycles. The number of hydrogen-bond donors (Lipinski definition) is 2. The minimum atomic E-state index is -0.120. The zero-order valence-corrected chi connectivity index (χ0v) is 15.6. The highest BCUT2D eigenvalue weighted by atomic mass is 28.2. The Morgan fingerprint density at radius 2 is 1.11 bits per heavy atom. The Morgan fingerprint density at radius 1 is 0.722 bits per heavy atom. The molecule has 4 heteroatoms. The first-order valence-electron chi connectivity index (χ1n) is 7.31. The van der Waals surface area contributed by atoms with Crippen molar-refractivity contribution in [2.45, 2.75) is 53.4 Å². The second kappa shape index (κ2) is 13.3. The maximum Gasteiger partial charge on any atom is 0.116 e. The fourth-order valence-electron chi connectivity index (χ4n) is 1.61. The molecular weight excluding hydrogens is 252 g/mol. The van der Waals surface area contributed by atoms with Crippen molar-refractivity contribution in [3.05, 3.63) is 22.5 Å². The lowest BCUT2D eigenvalue weighted by Crippen LogP contribution is -2.20. The maximum absolute atomic E-state index is 3.59. The number of rotatable bonds is 11. The van der Waals surface area contributed by atoms with E-state index in [2.05, 4.69) is 49.1 Å². The van der Waals surface area contributed by atoms with Gasteiger partial charge in [-0.2, -0.15) is 0 Å². The van der Waals surface area contributed by atoms with Gasteiger partial charge in [-0.15, -0.1) is 0 Å². The van der Waals surface area contributed by atoms with Gasteiger partial charge in [0.1, 0.15) is 19.4 Å². The van der Waals surface area contributed by atoms with Gasteiger partial charge in [-0.3, -0.25) is 0 Å². The summed E-state index contributed by atoms with van der Waals surface area (Å²) in [7, 11) is -0.240. The normalized spacial score (nSPS) is 11.6. The van der Waals surface area contributed by atoms with Crippen LogP contribution in [0.1, 0.15) is 53.4 Å². The molecule has 0 saturated carbocycles. The van der Waals surface area contributed by atoms with E-state index in [0.29, 0.717) is 0 Å². The molecule has 0 bridgehead atoms. The predicted molar refractivity (Wildman–Crippen MR) is 90.4 cm³/mol. The first-order valence-corrected chi connectivity index (χ1v) is 10.4. The quantitative estimate of drug-likeness (QED) is 0.446. The van der Waals surface area contributed by atoms with Gasteiger partial charge in [0.05, 0.1) is 0 Å². The van der Waals surface area contributed by atoms with Crippen LogP contribution in [0.4, 0.5) is 0 Å². The molecule has 0 aliphatic rings. The maximum atomic E-state index is 3.59. The molecule has 2 N–H and O–H groups in total. The molecule has 0 saturated heterocycles. The number of allylic oxidation sites excluding steroid dienone is 2. The molecule has 0 aromatic heterocycles. The van der Waals surface area contributed by atoms with Crippen LogP contribution >= 0.6 is 0 Å². The molecule has 0 spiro atoms. The Morgan fingerprint density at radius 3 is 1.44 bits per heavy atom. The van der Waals surface area contributed by atoms with Crippen molar-refractivity contribution in [1.29, 1.82) is 0 Å². The van der Waals surface area contributed by atoms with E-state index in [1.807, 2.05) is 0 Å². The van der Waals surface area contributed by atoms with Crippen LogP contribution in [0.15, 0.2) is 22.5 Å². The Hall–Kier alpha value is -0.166. The number of hydrogen-bond acceptors (Lipinski definition) is 2. The summed E-state index contributed by atoms with van der Waals surface area (Å²) in [6, 6.07) is 0. The Bertz CT molecular complexity index is 216. The minimum Gasteiger partial charge on any atom is -0.339 e. The van der Waals surface area contributed by atoms with E-state index in [1.54, 1.807) is 0 Å². The Balaban J connectivity index is 3.08. The van der Waals surface area contributed by atoms with E-state index in [4.69, 9.17) is 0 Å². The minimum absolute atomic E-state index is 0.120. The van der Waals surface area contributed by atoms with Gasteiger partial charge in [0.25, 0.3) is 0 Å². The van der Waals surface area contributed by atoms with Crippen molar-refractivity contribution in [2.24, 2.45) is 0 Å². The van der Waals surface area contributed by atoms with E-state index in [1.165, 1.54) is 49.9 Å². The van der Waals surface area contributed by atoms with E-state index < -0.39 is 0 Å². The van der Waals surface area contributed by atoms with Gasteiger partial charge >= 0.3 is 0 Å². The summed E-state index contributed by atoms with van der Waals surface area (Å²) in [4.78, 5) is 7.17. The highest BCUT2D eigenvalue weighted by molar-refractivity contribution is 6.39. The van der Waals surface area contributed by atoms with Crippen molar-refractivity contribution >= 4 is 19.4 Å². The van der Waals surface area contributed by atoms with Gasteiger partial charge in [-0.25, -0.2) is 0 Å². The molecule has 0 radical (unpaired) electrons. The lowest BCUT2D eigenvalue weighted by atomic mass is 10.2. The van der Waals surface area contributed by atoms with Crippen molar-refractivity contribution in [2.75, 3.05) is 13.1 Å². The van der Waals surface area contributed by atoms with Gasteiger partial charge in [-0.05, 0) is 53.6 Å². The summed E-state index contributed by atoms with van der Waals surface area (Å²) in [5.41, 5.74) is 7.69. The second-order valence-electron chi connectivity index (χ2n) is 5.39. The molecule has 0 amide bonds. The molecule has 0 aromatic rings. The summed E-state index contributed by atoms with van der Waals surface area (Å²) >= 11 is 0. The van der Waals surface area contributed by atoms with Crippen molar-refractivity contribution in [3.8, 4) is 0 Å². The van der Waals surface area contributed by atoms with E-state index >= 15 is 0 Å². The van der Waals surface area contributed by atoms with Crippen LogP contribution in [-0.4, -0.2) is 32.5 Å². The molecule has 2 nitrogen and oxygen atoms in total. The summed E-state index contributed by atoms with van der Waals surface area (Å²) in [6.07, 6.45) is 5.44. The third-order valence-electron chi connectivity index (χ3n) is 2.77. The molecule has 0 aromatic carbocycles. The molecule has 0 aliphatic carbocycles. The monoisotopic (exact) mass is 284 g/mol. The second-order valence-corrected chi connectivity index (χ2v) is 8.02. The van der Waals surface area contributed by atoms with Crippen molar-refractivity contribution in [1.82, 2.24) is 9.96 Å². The molecule has 0 rings (SSSR count). The smallest absolute Gasteiger partial charge is 0.116 e. The average molecular weight is 285 g/mol. The predicted octanol–water partition coefficient (Wildman–Crippen LogP) is 1.74. The Labute approximate surface area is 119 Å². The van der Waals surface area contributed by atoms with Gasteiger partial charge in [0.2, 0.25) is 0 Å². The summed E-state index contributed by atoms with van der Waals surface area (Å²) < 4.78 is 0. The third kappa shape index (κ3) is 15.8. The number of unbranched alkanes of at least 4 members (excludes halogenated alkanes) is 3. The number of nitrogens with one attached hydrogen (secondary N) is 2. The van der Waals surface area contributed by atoms with E-state index in [9.17, 15) is 0 Å². The molecular formula is C14H32N2Si2. The molecule has 0 unspecified atom stereocenters. The van der Waals surface area contributed by atoms with Crippen LogP contribution in [-0.2, 0) is 0 Å². The van der Waals surface area contributed by atoms with Gasteiger partial charge in [-0.1, -0.05) is 35.4 Å². The first-order chi connectivity index (χ1) is 8.63. The highest BCUT2D eigenvalue weighted by Gasteiger charge is 1.90. The van der Waals surface area contributed by atoms with Crippen LogP contribution < -0.4 is 9.96 Å². The van der Waals surface area contributed by atoms with Crippen LogP contribution in [0.5, 0.6) is 0 Å². The molecule has 0 heterocycles. The molecule has 0 atom stereocenters. The van der Waals surface area contributed by atoms with E-state index in [-0.39, 0.29) is 19.4 Å². The van der Waals surface area contributed by atoms with Crippen molar-refractivity contribution in [3.63, 3.8) is 0 Å². The summed E-state index contributed by atoms with van der Waals surface area (Å²) in [6.45, 7) is 11.2. The highest BCUT2D eigenvalue weighted by Crippen LogP contribution is 1.97. The zero-order chi connectivity index (χ0) is 13.6. The molecule has 106 valence electrons. The largest absolute Gasteiger partial charge is 0.339 e. The van der Waals surface area contributed by atoms with Gasteiger partial charge in [0.15, 0.2) is 0 Å². The standard InChI is InChI=1S/C14H32N2Si2/c1-13(2)11-17-15-9-7-5-6-8-10-16-18-12-14(3)4/h11-12,15-16H,5-10,17-18H2,1-4H3. The summed E-state index contributed by atoms with van der Waals surface area (Å²) in [5, 5.41) is 0. The van der Waals surface area contributed by atoms with Crippen LogP contribution in [0, 0.1) is 0 Å². The SMILES string of the molecule is CC(C)=C[SiH2]NCCCCCCN[SiH2]C=C(C)C. The lowest BCUT2D eigenvalue weighted by molar-refractivity contribution is 0.631. The fraction of sp³-hybridized carbons (Fsp3) is 0.714. The van der Waals surface area contributed by atoms with Crippen LogP contribution in [0.3, 0.4) is 0 Å². The molecule has 0 fully saturated rings. The topological polar surface area (TPSA) is 24.1 Å². The Kier molecular flexibility index (Phi) is 13.1. The van der Waals surface area contributed by atoms with Crippen LogP contribution in [0.25, 0.3) is 0 Å². The first kappa shape index (κ1) is 17.8. The molecule has 18 heavy (non-hydrogen) atoms. The van der Waals surface area contributed by atoms with Crippen LogP contribution in [0.2, 0.25) is 0 Å². The summed E-state index contributed by atoms with van der Waals surface area (Å²) in [5.74, 6) is 0. The zero-order valence-electron chi connectivity index (χ0n) is 12.8. The fourth-order valence-corrected chi connectivity index (χ4v) is 3.62. The van der Waals surface area contributed by atoms with Gasteiger partial charge < -0.3 is 9.96 Å². The average Bonchev–Trinajstić information content (AvgIpc) is 2.29. The van der Waals surface area contributed by atoms with Crippen molar-refractivity contribution < 1.29 is 0 Å². The third-order valence-corrected chi connectivity index (χ3v) is 6.09. The lowest BCUT2D eigenvalue weighted by Gasteiger charge is -2.03.